The summed E-state index contributed by atoms with van der Waals surface area (Å²) in [7, 11) is 0. The molecular formula is C35H42F2N2O4. The minimum absolute atomic E-state index is 0.0585. The molecule has 6 nitrogen and oxygen atoms in total. The molecule has 0 radical (unpaired) electrons. The van der Waals surface area contributed by atoms with Crippen LogP contribution >= 0.6 is 0 Å². The van der Waals surface area contributed by atoms with Gasteiger partial charge in [0.05, 0.1) is 12.5 Å². The van der Waals surface area contributed by atoms with Crippen molar-refractivity contribution in [3.05, 3.63) is 92.4 Å². The number of hydrogen-bond acceptors (Lipinski definition) is 4. The molecule has 1 saturated heterocycles. The van der Waals surface area contributed by atoms with E-state index in [1.54, 1.807) is 44.3 Å². The first kappa shape index (κ1) is 32.3. The van der Waals surface area contributed by atoms with E-state index >= 15 is 4.39 Å². The third kappa shape index (κ3) is 7.66. The Morgan fingerprint density at radius 2 is 1.70 bits per heavy atom. The number of aromatic nitrogens is 1. The highest BCUT2D eigenvalue weighted by atomic mass is 19.1. The van der Waals surface area contributed by atoms with Gasteiger partial charge < -0.3 is 14.6 Å². The largest absolute Gasteiger partial charge is 0.481 e. The fourth-order valence-electron chi connectivity index (χ4n) is 6.04. The summed E-state index contributed by atoms with van der Waals surface area (Å²) in [4.78, 5) is 41.6. The number of carboxylic acid groups (broad SMARTS) is 1. The molecule has 0 bridgehead atoms. The Kier molecular flexibility index (Phi) is 10.3. The van der Waals surface area contributed by atoms with Crippen molar-refractivity contribution >= 4 is 11.8 Å². The van der Waals surface area contributed by atoms with Gasteiger partial charge in [0.2, 0.25) is 0 Å². The average Bonchev–Trinajstić information content (AvgIpc) is 2.88. The third-order valence-electron chi connectivity index (χ3n) is 8.55. The lowest BCUT2D eigenvalue weighted by Crippen LogP contribution is -2.38. The second-order valence-corrected chi connectivity index (χ2v) is 12.4. The van der Waals surface area contributed by atoms with E-state index in [9.17, 15) is 23.9 Å². The van der Waals surface area contributed by atoms with Gasteiger partial charge in [-0.2, -0.15) is 0 Å². The first-order valence-corrected chi connectivity index (χ1v) is 15.1. The molecule has 4 rings (SSSR count). The SMILES string of the molecule is Cc1cc(=O)n(C(CC(C)C)C(=O)C[C@@H](CC(=O)O)c2cc(-c3c(C)cccc3F)cc(C)c2F)cc1CCN1CCC1. The maximum atomic E-state index is 15.7. The van der Waals surface area contributed by atoms with E-state index in [-0.39, 0.29) is 34.8 Å². The van der Waals surface area contributed by atoms with E-state index < -0.39 is 36.0 Å². The number of rotatable bonds is 13. The summed E-state index contributed by atoms with van der Waals surface area (Å²) < 4.78 is 32.0. The Morgan fingerprint density at radius 1 is 0.977 bits per heavy atom. The molecule has 230 valence electrons. The van der Waals surface area contributed by atoms with Crippen molar-refractivity contribution in [1.82, 2.24) is 9.47 Å². The number of pyridine rings is 1. The molecule has 0 amide bonds. The number of nitrogens with zero attached hydrogens (tertiary/aromatic N) is 2. The molecule has 1 aliphatic heterocycles. The van der Waals surface area contributed by atoms with Crippen LogP contribution in [0.5, 0.6) is 0 Å². The van der Waals surface area contributed by atoms with E-state index in [1.807, 2.05) is 20.8 Å². The standard InChI is InChI=1S/C35H42F2N2O4/c1-21(2)14-30(39-20-25(23(4)16-32(39)41)10-13-38-11-7-12-38)31(40)18-26(19-33(42)43)28-17-27(15-24(5)35(28)37)34-22(3)8-6-9-29(34)36/h6,8-9,15-17,20-21,26,30H,7,10-14,18-19H2,1-5H3,(H,42,43)/t26-,30?/m0/s1. The van der Waals surface area contributed by atoms with Crippen LogP contribution in [0.2, 0.25) is 0 Å². The Hall–Kier alpha value is -3.65. The molecule has 1 unspecified atom stereocenters. The number of aryl methyl sites for hydroxylation is 3. The Bertz CT molecular complexity index is 1540. The van der Waals surface area contributed by atoms with Crippen LogP contribution in [-0.4, -0.2) is 46.0 Å². The van der Waals surface area contributed by atoms with Crippen LogP contribution in [0.15, 0.2) is 47.4 Å². The zero-order valence-electron chi connectivity index (χ0n) is 25.8. The number of Topliss-reactive ketones (excluding diaryl/α,β-unsaturated/α-hetero) is 1. The summed E-state index contributed by atoms with van der Waals surface area (Å²) in [6.45, 7) is 12.1. The number of aliphatic carboxylic acids is 1. The van der Waals surface area contributed by atoms with E-state index in [1.165, 1.54) is 23.1 Å². The Labute approximate surface area is 252 Å². The van der Waals surface area contributed by atoms with Crippen LogP contribution in [0.3, 0.4) is 0 Å². The van der Waals surface area contributed by atoms with Gasteiger partial charge in [-0.1, -0.05) is 26.0 Å². The summed E-state index contributed by atoms with van der Waals surface area (Å²) in [5, 5.41) is 9.78. The quantitative estimate of drug-likeness (QED) is 0.237. The smallest absolute Gasteiger partial charge is 0.303 e. The van der Waals surface area contributed by atoms with Gasteiger partial charge in [0, 0.05) is 36.7 Å². The van der Waals surface area contributed by atoms with E-state index in [0.29, 0.717) is 23.1 Å². The number of ketones is 1. The number of carboxylic acids is 1. The third-order valence-corrected chi connectivity index (χ3v) is 8.55. The molecule has 0 aliphatic carbocycles. The second kappa shape index (κ2) is 13.8. The van der Waals surface area contributed by atoms with Gasteiger partial charge in [0.25, 0.3) is 5.56 Å². The van der Waals surface area contributed by atoms with Gasteiger partial charge in [0.15, 0.2) is 5.78 Å². The van der Waals surface area contributed by atoms with E-state index in [4.69, 9.17) is 0 Å². The van der Waals surface area contributed by atoms with Crippen molar-refractivity contribution in [1.29, 1.82) is 0 Å². The van der Waals surface area contributed by atoms with Crippen molar-refractivity contribution < 1.29 is 23.5 Å². The number of likely N-dealkylation sites (tertiary alicyclic amines) is 1. The molecule has 2 atom stereocenters. The molecule has 2 aromatic carbocycles. The van der Waals surface area contributed by atoms with Gasteiger partial charge in [-0.3, -0.25) is 14.4 Å². The lowest BCUT2D eigenvalue weighted by molar-refractivity contribution is -0.137. The summed E-state index contributed by atoms with van der Waals surface area (Å²) in [6.07, 6.45) is 3.33. The maximum absolute atomic E-state index is 15.7. The average molecular weight is 593 g/mol. The Morgan fingerprint density at radius 3 is 2.30 bits per heavy atom. The van der Waals surface area contributed by atoms with Crippen LogP contribution in [0.25, 0.3) is 11.1 Å². The molecule has 0 saturated carbocycles. The summed E-state index contributed by atoms with van der Waals surface area (Å²) in [5.41, 5.74) is 3.25. The monoisotopic (exact) mass is 592 g/mol. The highest BCUT2D eigenvalue weighted by molar-refractivity contribution is 5.84. The van der Waals surface area contributed by atoms with Crippen LogP contribution in [0, 0.1) is 38.3 Å². The van der Waals surface area contributed by atoms with Crippen LogP contribution in [-0.2, 0) is 16.0 Å². The number of carbonyl (C=O) groups excluding carboxylic acids is 1. The van der Waals surface area contributed by atoms with Gasteiger partial charge in [-0.25, -0.2) is 8.78 Å². The molecule has 1 fully saturated rings. The lowest BCUT2D eigenvalue weighted by atomic mass is 9.84. The zero-order valence-corrected chi connectivity index (χ0v) is 25.8. The van der Waals surface area contributed by atoms with Crippen molar-refractivity contribution in [2.75, 3.05) is 19.6 Å². The van der Waals surface area contributed by atoms with Crippen LogP contribution in [0.1, 0.15) is 79.3 Å². The van der Waals surface area contributed by atoms with E-state index in [0.717, 1.165) is 37.2 Å². The normalized spacial score (nSPS) is 14.9. The van der Waals surface area contributed by atoms with E-state index in [2.05, 4.69) is 4.90 Å². The predicted octanol–water partition coefficient (Wildman–Crippen LogP) is 6.77. The Balaban J connectivity index is 1.72. The van der Waals surface area contributed by atoms with Crippen molar-refractivity contribution in [3.63, 3.8) is 0 Å². The predicted molar refractivity (Wildman–Crippen MR) is 165 cm³/mol. The topological polar surface area (TPSA) is 79.6 Å². The van der Waals surface area contributed by atoms with Crippen molar-refractivity contribution in [3.8, 4) is 11.1 Å². The van der Waals surface area contributed by atoms with Crippen molar-refractivity contribution in [2.24, 2.45) is 5.92 Å². The number of hydrogen-bond donors (Lipinski definition) is 1. The molecule has 2 heterocycles. The number of carbonyl (C=O) groups is 2. The molecule has 1 N–H and O–H groups in total. The zero-order chi connectivity index (χ0) is 31.4. The first-order valence-electron chi connectivity index (χ1n) is 15.1. The molecule has 3 aromatic rings. The molecule has 1 aliphatic rings. The van der Waals surface area contributed by atoms with Crippen LogP contribution in [0.4, 0.5) is 8.78 Å². The van der Waals surface area contributed by atoms with Crippen molar-refractivity contribution in [2.45, 2.75) is 78.7 Å². The minimum Gasteiger partial charge on any atom is -0.481 e. The highest BCUT2D eigenvalue weighted by Crippen LogP contribution is 2.36. The first-order chi connectivity index (χ1) is 20.3. The minimum atomic E-state index is -1.18. The van der Waals surface area contributed by atoms with Gasteiger partial charge in [0.1, 0.15) is 11.6 Å². The van der Waals surface area contributed by atoms with Gasteiger partial charge >= 0.3 is 5.97 Å². The highest BCUT2D eigenvalue weighted by Gasteiger charge is 2.30. The second-order valence-electron chi connectivity index (χ2n) is 12.4. The fourth-order valence-corrected chi connectivity index (χ4v) is 6.04. The molecular weight excluding hydrogens is 550 g/mol. The molecule has 43 heavy (non-hydrogen) atoms. The molecule has 1 aromatic heterocycles. The summed E-state index contributed by atoms with van der Waals surface area (Å²) >= 11 is 0. The van der Waals surface area contributed by atoms with Gasteiger partial charge in [-0.05, 0) is 111 Å². The number of benzene rings is 2. The fraction of sp³-hybridized carbons (Fsp3) is 0.457. The lowest BCUT2D eigenvalue weighted by Gasteiger charge is -2.31. The molecule has 0 spiro atoms. The number of halogens is 2. The maximum Gasteiger partial charge on any atom is 0.303 e. The summed E-state index contributed by atoms with van der Waals surface area (Å²) in [5.74, 6) is -3.53. The summed E-state index contributed by atoms with van der Waals surface area (Å²) in [6, 6.07) is 8.42. The molecule has 8 heteroatoms. The van der Waals surface area contributed by atoms with Gasteiger partial charge in [-0.15, -0.1) is 0 Å². The van der Waals surface area contributed by atoms with Crippen LogP contribution < -0.4 is 5.56 Å².